The maximum Gasteiger partial charge on any atom is 0.266 e. The van der Waals surface area contributed by atoms with E-state index in [4.69, 9.17) is 4.55 Å². The second-order valence-corrected chi connectivity index (χ2v) is 15.0. The van der Waals surface area contributed by atoms with Crippen LogP contribution in [-0.4, -0.2) is 64.8 Å². The molecule has 9 heteroatoms. The van der Waals surface area contributed by atoms with Crippen molar-refractivity contribution >= 4 is 16.0 Å². The van der Waals surface area contributed by atoms with Crippen LogP contribution in [0.2, 0.25) is 0 Å². The molecular formula is C28H49NO7S. The van der Waals surface area contributed by atoms with Crippen molar-refractivity contribution in [3.63, 3.8) is 0 Å². The molecule has 0 unspecified atom stereocenters. The van der Waals surface area contributed by atoms with E-state index in [2.05, 4.69) is 26.1 Å². The Morgan fingerprint density at radius 2 is 1.70 bits per heavy atom. The molecule has 5 N–H and O–H groups in total. The monoisotopic (exact) mass is 543 g/mol. The molecule has 214 valence electrons. The SMILES string of the molecule is C[C@H](CCCC(=O)N[C@H](CO)CS(=O)(=O)O)[C@H]1CC[C@H]2[C@@H]3[C@H](O)C[C@@H]4C[C@H](O)CC[C@]4(C)[C@H]3CC[C@]12C. The van der Waals surface area contributed by atoms with Gasteiger partial charge in [-0.25, -0.2) is 0 Å². The quantitative estimate of drug-likeness (QED) is 0.281. The molecule has 4 saturated carbocycles. The van der Waals surface area contributed by atoms with Crippen molar-refractivity contribution in [3.05, 3.63) is 0 Å². The fraction of sp³-hybridized carbons (Fsp3) is 0.964. The zero-order valence-electron chi connectivity index (χ0n) is 22.8. The highest BCUT2D eigenvalue weighted by Gasteiger charge is 2.62. The van der Waals surface area contributed by atoms with Gasteiger partial charge in [0.05, 0.1) is 30.6 Å². The van der Waals surface area contributed by atoms with E-state index in [1.54, 1.807) is 0 Å². The zero-order chi connectivity index (χ0) is 27.2. The van der Waals surface area contributed by atoms with E-state index in [1.807, 2.05) is 0 Å². The number of aliphatic hydroxyl groups is 3. The fourth-order valence-electron chi connectivity index (χ4n) is 9.66. The lowest BCUT2D eigenvalue weighted by atomic mass is 9.43. The number of rotatable bonds is 9. The highest BCUT2D eigenvalue weighted by atomic mass is 32.2. The number of fused-ring (bicyclic) bond motifs is 5. The molecule has 4 aliphatic carbocycles. The van der Waals surface area contributed by atoms with Gasteiger partial charge in [0.25, 0.3) is 10.1 Å². The van der Waals surface area contributed by atoms with Crippen LogP contribution in [0.4, 0.5) is 0 Å². The Kier molecular flexibility index (Phi) is 8.72. The van der Waals surface area contributed by atoms with Gasteiger partial charge in [-0.2, -0.15) is 8.42 Å². The third kappa shape index (κ3) is 5.91. The molecule has 4 fully saturated rings. The highest BCUT2D eigenvalue weighted by molar-refractivity contribution is 7.85. The first-order valence-electron chi connectivity index (χ1n) is 14.5. The summed E-state index contributed by atoms with van der Waals surface area (Å²) in [6.45, 7) is 6.63. The minimum Gasteiger partial charge on any atom is -0.394 e. The van der Waals surface area contributed by atoms with Crippen LogP contribution in [0, 0.1) is 46.3 Å². The summed E-state index contributed by atoms with van der Waals surface area (Å²) in [7, 11) is -4.27. The van der Waals surface area contributed by atoms with Gasteiger partial charge in [0.1, 0.15) is 0 Å². The Labute approximate surface area is 222 Å². The van der Waals surface area contributed by atoms with Crippen LogP contribution in [0.15, 0.2) is 0 Å². The molecular weight excluding hydrogens is 494 g/mol. The van der Waals surface area contributed by atoms with Crippen LogP contribution in [0.5, 0.6) is 0 Å². The van der Waals surface area contributed by atoms with E-state index in [9.17, 15) is 28.5 Å². The first-order valence-corrected chi connectivity index (χ1v) is 16.1. The van der Waals surface area contributed by atoms with Crippen LogP contribution < -0.4 is 5.32 Å². The van der Waals surface area contributed by atoms with Crippen molar-refractivity contribution < 1.29 is 33.1 Å². The van der Waals surface area contributed by atoms with Crippen molar-refractivity contribution in [3.8, 4) is 0 Å². The molecule has 0 heterocycles. The predicted molar refractivity (Wildman–Crippen MR) is 141 cm³/mol. The second kappa shape index (κ2) is 11.0. The summed E-state index contributed by atoms with van der Waals surface area (Å²) in [5.41, 5.74) is 0.419. The van der Waals surface area contributed by atoms with Crippen molar-refractivity contribution in [2.75, 3.05) is 12.4 Å². The average Bonchev–Trinajstić information content (AvgIpc) is 3.16. The lowest BCUT2D eigenvalue weighted by Crippen LogP contribution is -2.58. The summed E-state index contributed by atoms with van der Waals surface area (Å²) >= 11 is 0. The van der Waals surface area contributed by atoms with Crippen LogP contribution in [0.1, 0.15) is 91.4 Å². The Morgan fingerprint density at radius 1 is 1.03 bits per heavy atom. The normalized spacial score (nSPS) is 43.3. The van der Waals surface area contributed by atoms with Crippen molar-refractivity contribution in [2.24, 2.45) is 46.3 Å². The lowest BCUT2D eigenvalue weighted by molar-refractivity contribution is -0.174. The van der Waals surface area contributed by atoms with E-state index < -0.39 is 28.5 Å². The van der Waals surface area contributed by atoms with E-state index in [1.165, 1.54) is 6.42 Å². The molecule has 0 aromatic heterocycles. The number of carbonyl (C=O) groups is 1. The number of nitrogens with one attached hydrogen (secondary N) is 1. The zero-order valence-corrected chi connectivity index (χ0v) is 23.6. The molecule has 37 heavy (non-hydrogen) atoms. The van der Waals surface area contributed by atoms with Crippen LogP contribution in [0.3, 0.4) is 0 Å². The first kappa shape index (κ1) is 29.2. The average molecular weight is 544 g/mol. The van der Waals surface area contributed by atoms with Crippen LogP contribution in [-0.2, 0) is 14.9 Å². The van der Waals surface area contributed by atoms with Crippen molar-refractivity contribution in [1.29, 1.82) is 0 Å². The van der Waals surface area contributed by atoms with Gasteiger partial charge in [-0.05, 0) is 111 Å². The fourth-order valence-corrected chi connectivity index (χ4v) is 10.4. The largest absolute Gasteiger partial charge is 0.394 e. The predicted octanol–water partition coefficient (Wildman–Crippen LogP) is 3.15. The number of amides is 1. The summed E-state index contributed by atoms with van der Waals surface area (Å²) in [5.74, 6) is 1.81. The molecule has 0 spiro atoms. The number of hydrogen-bond donors (Lipinski definition) is 5. The molecule has 11 atom stereocenters. The topological polar surface area (TPSA) is 144 Å². The Bertz CT molecular complexity index is 927. The molecule has 0 aromatic carbocycles. The second-order valence-electron chi connectivity index (χ2n) is 13.5. The Balaban J connectivity index is 1.34. The maximum atomic E-state index is 12.3. The van der Waals surface area contributed by atoms with E-state index in [0.29, 0.717) is 41.9 Å². The van der Waals surface area contributed by atoms with E-state index >= 15 is 0 Å². The first-order chi connectivity index (χ1) is 17.3. The molecule has 4 aliphatic rings. The molecule has 4 rings (SSSR count). The van der Waals surface area contributed by atoms with Gasteiger partial charge in [0, 0.05) is 6.42 Å². The van der Waals surface area contributed by atoms with Gasteiger partial charge >= 0.3 is 0 Å². The van der Waals surface area contributed by atoms with Gasteiger partial charge in [-0.1, -0.05) is 20.8 Å². The minimum atomic E-state index is -4.27. The Hall–Kier alpha value is -0.740. The molecule has 0 bridgehead atoms. The van der Waals surface area contributed by atoms with Crippen molar-refractivity contribution in [2.45, 2.75) is 110 Å². The standard InChI is InChI=1S/C28H49NO7S/c1-17(5-4-6-25(33)29-19(15-30)16-37(34,35)36)21-7-8-22-26-23(10-12-28(21,22)3)27(2)11-9-20(31)13-18(27)14-24(26)32/h17-24,26,30-32H,4-16H2,1-3H3,(H,29,33)(H,34,35,36)/t17-,18+,19-,20-,21-,22+,23+,24-,26+,27+,28-/m1/s1. The van der Waals surface area contributed by atoms with Crippen LogP contribution in [0.25, 0.3) is 0 Å². The van der Waals surface area contributed by atoms with Gasteiger partial charge < -0.3 is 20.6 Å². The third-order valence-corrected chi connectivity index (χ3v) is 12.3. The highest BCUT2D eigenvalue weighted by Crippen LogP contribution is 2.68. The maximum absolute atomic E-state index is 12.3. The van der Waals surface area contributed by atoms with Gasteiger partial charge in [-0.3, -0.25) is 9.35 Å². The van der Waals surface area contributed by atoms with Gasteiger partial charge in [-0.15, -0.1) is 0 Å². The molecule has 8 nitrogen and oxygen atoms in total. The summed E-state index contributed by atoms with van der Waals surface area (Å²) < 4.78 is 31.1. The molecule has 0 saturated heterocycles. The molecule has 0 aromatic rings. The third-order valence-electron chi connectivity index (χ3n) is 11.5. The summed E-state index contributed by atoms with van der Waals surface area (Å²) in [6.07, 6.45) is 9.60. The number of hydrogen-bond acceptors (Lipinski definition) is 6. The summed E-state index contributed by atoms with van der Waals surface area (Å²) in [5, 5.41) is 33.5. The minimum absolute atomic E-state index is 0.193. The van der Waals surface area contributed by atoms with E-state index in [-0.39, 0.29) is 35.4 Å². The van der Waals surface area contributed by atoms with E-state index in [0.717, 1.165) is 51.4 Å². The smallest absolute Gasteiger partial charge is 0.266 e. The lowest BCUT2D eigenvalue weighted by Gasteiger charge is -2.62. The molecule has 0 aliphatic heterocycles. The number of aliphatic hydroxyl groups excluding tert-OH is 3. The molecule has 1 amide bonds. The van der Waals surface area contributed by atoms with Crippen molar-refractivity contribution in [1.82, 2.24) is 5.32 Å². The summed E-state index contributed by atoms with van der Waals surface area (Å²) in [6, 6.07) is -1.000. The Morgan fingerprint density at radius 3 is 2.38 bits per heavy atom. The van der Waals surface area contributed by atoms with Gasteiger partial charge in [0.15, 0.2) is 0 Å². The number of carbonyl (C=O) groups excluding carboxylic acids is 1. The van der Waals surface area contributed by atoms with Crippen LogP contribution >= 0.6 is 0 Å². The van der Waals surface area contributed by atoms with Gasteiger partial charge in [0.2, 0.25) is 5.91 Å². The molecule has 0 radical (unpaired) electrons. The summed E-state index contributed by atoms with van der Waals surface area (Å²) in [4.78, 5) is 12.3.